The molecule has 2 rings (SSSR count). The standard InChI is InChI=1S/C18H26N2O2/c19-17(21)11-13-20(12-10-15-6-2-1-3-7-15)18(22)14-16-8-4-5-9-16/h1-3,6-7,16H,4-5,8-14H2,(H2,19,21). The van der Waals surface area contributed by atoms with Crippen molar-refractivity contribution in [2.75, 3.05) is 13.1 Å². The van der Waals surface area contributed by atoms with E-state index in [1.807, 2.05) is 23.1 Å². The largest absolute Gasteiger partial charge is 0.370 e. The van der Waals surface area contributed by atoms with Crippen molar-refractivity contribution in [1.29, 1.82) is 0 Å². The highest BCUT2D eigenvalue weighted by atomic mass is 16.2. The van der Waals surface area contributed by atoms with Crippen LogP contribution in [0, 0.1) is 5.92 Å². The summed E-state index contributed by atoms with van der Waals surface area (Å²) in [5, 5.41) is 0. The minimum atomic E-state index is -0.349. The molecule has 0 heterocycles. The average molecular weight is 302 g/mol. The van der Waals surface area contributed by atoms with Crippen molar-refractivity contribution < 1.29 is 9.59 Å². The van der Waals surface area contributed by atoms with E-state index >= 15 is 0 Å². The van der Waals surface area contributed by atoms with E-state index in [9.17, 15) is 9.59 Å². The smallest absolute Gasteiger partial charge is 0.222 e. The van der Waals surface area contributed by atoms with Crippen LogP contribution in [0.15, 0.2) is 30.3 Å². The van der Waals surface area contributed by atoms with Gasteiger partial charge >= 0.3 is 0 Å². The summed E-state index contributed by atoms with van der Waals surface area (Å²) in [5.41, 5.74) is 6.44. The van der Waals surface area contributed by atoms with Gasteiger partial charge in [0.05, 0.1) is 0 Å². The molecule has 22 heavy (non-hydrogen) atoms. The van der Waals surface area contributed by atoms with Gasteiger partial charge < -0.3 is 10.6 Å². The number of hydrogen-bond acceptors (Lipinski definition) is 2. The highest BCUT2D eigenvalue weighted by molar-refractivity contribution is 5.78. The molecule has 1 aliphatic carbocycles. The molecule has 1 aliphatic rings. The number of nitrogens with zero attached hydrogens (tertiary/aromatic N) is 1. The second kappa shape index (κ2) is 8.57. The van der Waals surface area contributed by atoms with Gasteiger partial charge in [-0.25, -0.2) is 0 Å². The first-order valence-corrected chi connectivity index (χ1v) is 8.25. The van der Waals surface area contributed by atoms with Crippen molar-refractivity contribution in [2.24, 2.45) is 11.7 Å². The van der Waals surface area contributed by atoms with Crippen molar-refractivity contribution in [1.82, 2.24) is 4.90 Å². The number of benzene rings is 1. The van der Waals surface area contributed by atoms with Gasteiger partial charge in [0.2, 0.25) is 11.8 Å². The molecule has 120 valence electrons. The van der Waals surface area contributed by atoms with E-state index in [-0.39, 0.29) is 18.2 Å². The molecule has 0 atom stereocenters. The topological polar surface area (TPSA) is 63.4 Å². The number of hydrogen-bond donors (Lipinski definition) is 1. The van der Waals surface area contributed by atoms with Crippen LogP contribution in [-0.2, 0) is 16.0 Å². The first-order chi connectivity index (χ1) is 10.6. The van der Waals surface area contributed by atoms with Crippen molar-refractivity contribution in [3.05, 3.63) is 35.9 Å². The summed E-state index contributed by atoms with van der Waals surface area (Å²) < 4.78 is 0. The fraction of sp³-hybridized carbons (Fsp3) is 0.556. The quantitative estimate of drug-likeness (QED) is 0.802. The SMILES string of the molecule is NC(=O)CCN(CCc1ccccc1)C(=O)CC1CCCC1. The van der Waals surface area contributed by atoms with E-state index < -0.39 is 0 Å². The van der Waals surface area contributed by atoms with Crippen molar-refractivity contribution in [3.8, 4) is 0 Å². The fourth-order valence-corrected chi connectivity index (χ4v) is 3.11. The van der Waals surface area contributed by atoms with Gasteiger partial charge in [-0.05, 0) is 30.7 Å². The van der Waals surface area contributed by atoms with Crippen LogP contribution in [0.2, 0.25) is 0 Å². The predicted octanol–water partition coefficient (Wildman–Crippen LogP) is 2.51. The number of rotatable bonds is 8. The number of carbonyl (C=O) groups is 2. The first kappa shape index (κ1) is 16.5. The van der Waals surface area contributed by atoms with Gasteiger partial charge in [0.15, 0.2) is 0 Å². The van der Waals surface area contributed by atoms with Gasteiger partial charge in [-0.1, -0.05) is 43.2 Å². The maximum atomic E-state index is 12.5. The van der Waals surface area contributed by atoms with E-state index in [4.69, 9.17) is 5.73 Å². The molecule has 1 fully saturated rings. The fourth-order valence-electron chi connectivity index (χ4n) is 3.11. The summed E-state index contributed by atoms with van der Waals surface area (Å²) in [6, 6.07) is 10.1. The Morgan fingerprint density at radius 2 is 1.77 bits per heavy atom. The molecule has 2 amide bonds. The molecule has 0 aliphatic heterocycles. The minimum Gasteiger partial charge on any atom is -0.370 e. The van der Waals surface area contributed by atoms with Crippen molar-refractivity contribution in [3.63, 3.8) is 0 Å². The summed E-state index contributed by atoms with van der Waals surface area (Å²) in [7, 11) is 0. The molecule has 4 nitrogen and oxygen atoms in total. The van der Waals surface area contributed by atoms with Crippen LogP contribution in [0.4, 0.5) is 0 Å². The summed E-state index contributed by atoms with van der Waals surface area (Å²) in [5.74, 6) is 0.350. The van der Waals surface area contributed by atoms with Gasteiger partial charge in [0, 0.05) is 25.9 Å². The lowest BCUT2D eigenvalue weighted by Gasteiger charge is -2.24. The van der Waals surface area contributed by atoms with Gasteiger partial charge in [0.25, 0.3) is 0 Å². The molecule has 0 radical (unpaired) electrons. The average Bonchev–Trinajstić information content (AvgIpc) is 3.01. The lowest BCUT2D eigenvalue weighted by Crippen LogP contribution is -2.36. The highest BCUT2D eigenvalue weighted by Gasteiger charge is 2.22. The third-order valence-electron chi connectivity index (χ3n) is 4.43. The van der Waals surface area contributed by atoms with Crippen LogP contribution in [0.3, 0.4) is 0 Å². The number of primary amides is 1. The Labute approximate surface area is 132 Å². The monoisotopic (exact) mass is 302 g/mol. The third kappa shape index (κ3) is 5.51. The summed E-state index contributed by atoms with van der Waals surface area (Å²) in [6.45, 7) is 1.09. The summed E-state index contributed by atoms with van der Waals surface area (Å²) >= 11 is 0. The van der Waals surface area contributed by atoms with Crippen LogP contribution in [0.5, 0.6) is 0 Å². The van der Waals surface area contributed by atoms with Crippen LogP contribution in [-0.4, -0.2) is 29.8 Å². The zero-order valence-corrected chi connectivity index (χ0v) is 13.2. The van der Waals surface area contributed by atoms with E-state index in [0.717, 1.165) is 19.3 Å². The van der Waals surface area contributed by atoms with Crippen molar-refractivity contribution in [2.45, 2.75) is 44.9 Å². The van der Waals surface area contributed by atoms with Crippen LogP contribution in [0.1, 0.15) is 44.1 Å². The Balaban J connectivity index is 1.88. The Kier molecular flexibility index (Phi) is 6.44. The molecular formula is C18H26N2O2. The highest BCUT2D eigenvalue weighted by Crippen LogP contribution is 2.28. The molecule has 1 aromatic rings. The number of carbonyl (C=O) groups excluding carboxylic acids is 2. The maximum Gasteiger partial charge on any atom is 0.222 e. The Morgan fingerprint density at radius 1 is 1.09 bits per heavy atom. The lowest BCUT2D eigenvalue weighted by atomic mass is 10.0. The second-order valence-electron chi connectivity index (χ2n) is 6.19. The van der Waals surface area contributed by atoms with Gasteiger partial charge in [0.1, 0.15) is 0 Å². The Bertz CT molecular complexity index is 481. The van der Waals surface area contributed by atoms with Crippen LogP contribution >= 0.6 is 0 Å². The minimum absolute atomic E-state index is 0.170. The zero-order valence-electron chi connectivity index (χ0n) is 13.2. The molecule has 2 N–H and O–H groups in total. The third-order valence-corrected chi connectivity index (χ3v) is 4.43. The molecule has 0 aromatic heterocycles. The molecule has 0 unspecified atom stereocenters. The number of amides is 2. The van der Waals surface area contributed by atoms with Crippen LogP contribution < -0.4 is 5.73 Å². The zero-order chi connectivity index (χ0) is 15.8. The van der Waals surface area contributed by atoms with E-state index in [0.29, 0.717) is 25.4 Å². The van der Waals surface area contributed by atoms with E-state index in [1.165, 1.54) is 18.4 Å². The molecule has 0 spiro atoms. The molecule has 0 bridgehead atoms. The van der Waals surface area contributed by atoms with E-state index in [2.05, 4.69) is 12.1 Å². The molecule has 1 saturated carbocycles. The number of nitrogens with two attached hydrogens (primary N) is 1. The summed E-state index contributed by atoms with van der Waals surface area (Å²) in [4.78, 5) is 25.4. The predicted molar refractivity (Wildman–Crippen MR) is 87.1 cm³/mol. The van der Waals surface area contributed by atoms with Crippen molar-refractivity contribution >= 4 is 11.8 Å². The molecule has 1 aromatic carbocycles. The second-order valence-corrected chi connectivity index (χ2v) is 6.19. The normalized spacial score (nSPS) is 14.9. The van der Waals surface area contributed by atoms with Gasteiger partial charge in [-0.15, -0.1) is 0 Å². The summed E-state index contributed by atoms with van der Waals surface area (Å²) in [6.07, 6.45) is 6.48. The maximum absolute atomic E-state index is 12.5. The van der Waals surface area contributed by atoms with E-state index in [1.54, 1.807) is 0 Å². The molecule has 4 heteroatoms. The Morgan fingerprint density at radius 3 is 2.41 bits per heavy atom. The molecule has 0 saturated heterocycles. The van der Waals surface area contributed by atoms with Gasteiger partial charge in [-0.2, -0.15) is 0 Å². The molecular weight excluding hydrogens is 276 g/mol. The first-order valence-electron chi connectivity index (χ1n) is 8.25. The lowest BCUT2D eigenvalue weighted by molar-refractivity contribution is -0.132. The Hall–Kier alpha value is -1.84. The van der Waals surface area contributed by atoms with Gasteiger partial charge in [-0.3, -0.25) is 9.59 Å². The van der Waals surface area contributed by atoms with Crippen LogP contribution in [0.25, 0.3) is 0 Å².